The van der Waals surface area contributed by atoms with Gasteiger partial charge < -0.3 is 16.4 Å². The lowest BCUT2D eigenvalue weighted by Gasteiger charge is -2.17. The molecule has 0 spiro atoms. The number of thiophene rings is 1. The van der Waals surface area contributed by atoms with Gasteiger partial charge in [-0.2, -0.15) is 0 Å². The standard InChI is InChI=1S/C16H19N3O2S/c1-11(19-16(21)14-8-5-9-22-14)15(20)18-10-13(17)12-6-3-2-4-7-12/h2-9,11,13H,10,17H2,1H3,(H,18,20)(H,19,21). The van der Waals surface area contributed by atoms with Gasteiger partial charge in [0, 0.05) is 12.6 Å². The van der Waals surface area contributed by atoms with Gasteiger partial charge in [0.05, 0.1) is 4.88 Å². The summed E-state index contributed by atoms with van der Waals surface area (Å²) in [6.07, 6.45) is 0. The van der Waals surface area contributed by atoms with E-state index in [-0.39, 0.29) is 17.9 Å². The number of rotatable bonds is 6. The van der Waals surface area contributed by atoms with Gasteiger partial charge in [-0.15, -0.1) is 11.3 Å². The maximum Gasteiger partial charge on any atom is 0.261 e. The molecule has 22 heavy (non-hydrogen) atoms. The van der Waals surface area contributed by atoms with Crippen molar-refractivity contribution in [2.24, 2.45) is 5.73 Å². The molecule has 1 aromatic carbocycles. The number of benzene rings is 1. The molecule has 2 rings (SSSR count). The largest absolute Gasteiger partial charge is 0.352 e. The molecule has 4 N–H and O–H groups in total. The van der Waals surface area contributed by atoms with Crippen LogP contribution in [-0.2, 0) is 4.79 Å². The Hall–Kier alpha value is -2.18. The normalized spacial score (nSPS) is 13.2. The number of hydrogen-bond donors (Lipinski definition) is 3. The quantitative estimate of drug-likeness (QED) is 0.758. The summed E-state index contributed by atoms with van der Waals surface area (Å²) >= 11 is 1.34. The third-order valence-electron chi connectivity index (χ3n) is 3.21. The van der Waals surface area contributed by atoms with Gasteiger partial charge in [0.15, 0.2) is 0 Å². The van der Waals surface area contributed by atoms with Gasteiger partial charge in [0.25, 0.3) is 5.91 Å². The molecule has 1 heterocycles. The number of amides is 2. The Balaban J connectivity index is 1.80. The van der Waals surface area contributed by atoms with E-state index >= 15 is 0 Å². The van der Waals surface area contributed by atoms with Crippen molar-refractivity contribution >= 4 is 23.2 Å². The second-order valence-electron chi connectivity index (χ2n) is 4.93. The van der Waals surface area contributed by atoms with Gasteiger partial charge >= 0.3 is 0 Å². The number of hydrogen-bond acceptors (Lipinski definition) is 4. The molecule has 0 aliphatic carbocycles. The summed E-state index contributed by atoms with van der Waals surface area (Å²) in [7, 11) is 0. The summed E-state index contributed by atoms with van der Waals surface area (Å²) in [6, 6.07) is 12.2. The van der Waals surface area contributed by atoms with E-state index in [0.717, 1.165) is 5.56 Å². The number of carbonyl (C=O) groups is 2. The number of carbonyl (C=O) groups excluding carboxylic acids is 2. The van der Waals surface area contributed by atoms with Gasteiger partial charge in [-0.1, -0.05) is 36.4 Å². The van der Waals surface area contributed by atoms with Crippen LogP contribution in [0, 0.1) is 0 Å². The topological polar surface area (TPSA) is 84.2 Å². The molecule has 0 fully saturated rings. The molecule has 0 saturated carbocycles. The Morgan fingerprint density at radius 2 is 1.91 bits per heavy atom. The van der Waals surface area contributed by atoms with Crippen molar-refractivity contribution in [3.05, 3.63) is 58.3 Å². The Morgan fingerprint density at radius 3 is 2.55 bits per heavy atom. The summed E-state index contributed by atoms with van der Waals surface area (Å²) in [4.78, 5) is 24.5. The monoisotopic (exact) mass is 317 g/mol. The highest BCUT2D eigenvalue weighted by atomic mass is 32.1. The van der Waals surface area contributed by atoms with Gasteiger partial charge in [-0.25, -0.2) is 0 Å². The lowest BCUT2D eigenvalue weighted by Crippen LogP contribution is -2.46. The van der Waals surface area contributed by atoms with Gasteiger partial charge in [0.1, 0.15) is 6.04 Å². The number of nitrogens with two attached hydrogens (primary N) is 1. The van der Waals surface area contributed by atoms with Crippen molar-refractivity contribution in [3.63, 3.8) is 0 Å². The molecule has 0 aliphatic heterocycles. The Bertz CT molecular complexity index is 614. The molecule has 5 nitrogen and oxygen atoms in total. The van der Waals surface area contributed by atoms with Crippen LogP contribution in [0.3, 0.4) is 0 Å². The molecule has 0 bridgehead atoms. The zero-order chi connectivity index (χ0) is 15.9. The van der Waals surface area contributed by atoms with Crippen molar-refractivity contribution in [3.8, 4) is 0 Å². The fourth-order valence-corrected chi connectivity index (χ4v) is 2.55. The van der Waals surface area contributed by atoms with Crippen LogP contribution in [0.5, 0.6) is 0 Å². The molecular formula is C16H19N3O2S. The third-order valence-corrected chi connectivity index (χ3v) is 4.08. The minimum atomic E-state index is -0.613. The van der Waals surface area contributed by atoms with Gasteiger partial charge in [0.2, 0.25) is 5.91 Å². The second-order valence-corrected chi connectivity index (χ2v) is 5.88. The van der Waals surface area contributed by atoms with Crippen molar-refractivity contribution in [1.82, 2.24) is 10.6 Å². The minimum absolute atomic E-state index is 0.245. The summed E-state index contributed by atoms with van der Waals surface area (Å²) in [5.41, 5.74) is 6.98. The highest BCUT2D eigenvalue weighted by molar-refractivity contribution is 7.12. The molecule has 116 valence electrons. The molecule has 0 radical (unpaired) electrons. The molecule has 2 unspecified atom stereocenters. The van der Waals surface area contributed by atoms with Crippen LogP contribution in [0.4, 0.5) is 0 Å². The number of nitrogens with one attached hydrogen (secondary N) is 2. The van der Waals surface area contributed by atoms with Crippen LogP contribution >= 0.6 is 11.3 Å². The van der Waals surface area contributed by atoms with Gasteiger partial charge in [-0.3, -0.25) is 9.59 Å². The lowest BCUT2D eigenvalue weighted by atomic mass is 10.1. The van der Waals surface area contributed by atoms with Crippen LogP contribution in [0.2, 0.25) is 0 Å². The van der Waals surface area contributed by atoms with Crippen LogP contribution in [0.15, 0.2) is 47.8 Å². The summed E-state index contributed by atoms with van der Waals surface area (Å²) < 4.78 is 0. The lowest BCUT2D eigenvalue weighted by molar-refractivity contribution is -0.122. The molecular weight excluding hydrogens is 298 g/mol. The van der Waals surface area contributed by atoms with Crippen molar-refractivity contribution < 1.29 is 9.59 Å². The third kappa shape index (κ3) is 4.41. The first-order valence-electron chi connectivity index (χ1n) is 7.00. The predicted molar refractivity (Wildman–Crippen MR) is 87.6 cm³/mol. The second kappa shape index (κ2) is 7.72. The molecule has 6 heteroatoms. The first-order valence-corrected chi connectivity index (χ1v) is 7.88. The van der Waals surface area contributed by atoms with Crippen molar-refractivity contribution in [1.29, 1.82) is 0 Å². The summed E-state index contributed by atoms with van der Waals surface area (Å²) in [6.45, 7) is 1.97. The highest BCUT2D eigenvalue weighted by Crippen LogP contribution is 2.09. The maximum absolute atomic E-state index is 12.0. The predicted octanol–water partition coefficient (Wildman–Crippen LogP) is 1.68. The average molecular weight is 317 g/mol. The van der Waals surface area contributed by atoms with E-state index in [0.29, 0.717) is 11.4 Å². The highest BCUT2D eigenvalue weighted by Gasteiger charge is 2.17. The molecule has 1 aromatic heterocycles. The first-order chi connectivity index (χ1) is 10.6. The Morgan fingerprint density at radius 1 is 1.18 bits per heavy atom. The maximum atomic E-state index is 12.0. The molecule has 2 aromatic rings. The van der Waals surface area contributed by atoms with Gasteiger partial charge in [-0.05, 0) is 23.9 Å². The first kappa shape index (κ1) is 16.2. The van der Waals surface area contributed by atoms with Crippen molar-refractivity contribution in [2.75, 3.05) is 6.54 Å². The van der Waals surface area contributed by atoms with E-state index < -0.39 is 6.04 Å². The van der Waals surface area contributed by atoms with E-state index in [9.17, 15) is 9.59 Å². The zero-order valence-electron chi connectivity index (χ0n) is 12.3. The van der Waals surface area contributed by atoms with Crippen LogP contribution in [0.1, 0.15) is 28.2 Å². The average Bonchev–Trinajstić information content (AvgIpc) is 3.07. The SMILES string of the molecule is CC(NC(=O)c1cccs1)C(=O)NCC(N)c1ccccc1. The molecule has 2 atom stereocenters. The fraction of sp³-hybridized carbons (Fsp3) is 0.250. The van der Waals surface area contributed by atoms with Crippen LogP contribution in [-0.4, -0.2) is 24.4 Å². The van der Waals surface area contributed by atoms with E-state index in [1.54, 1.807) is 19.1 Å². The van der Waals surface area contributed by atoms with E-state index in [2.05, 4.69) is 10.6 Å². The zero-order valence-corrected chi connectivity index (χ0v) is 13.1. The molecule has 0 aliphatic rings. The summed E-state index contributed by atoms with van der Waals surface area (Å²) in [5.74, 6) is -0.499. The van der Waals surface area contributed by atoms with E-state index in [1.807, 2.05) is 35.7 Å². The van der Waals surface area contributed by atoms with Crippen molar-refractivity contribution in [2.45, 2.75) is 19.0 Å². The smallest absolute Gasteiger partial charge is 0.261 e. The minimum Gasteiger partial charge on any atom is -0.352 e. The Labute approximate surface area is 133 Å². The summed E-state index contributed by atoms with van der Waals surface area (Å²) in [5, 5.41) is 7.24. The van der Waals surface area contributed by atoms with Crippen LogP contribution in [0.25, 0.3) is 0 Å². The van der Waals surface area contributed by atoms with Crippen LogP contribution < -0.4 is 16.4 Å². The van der Waals surface area contributed by atoms with E-state index in [4.69, 9.17) is 5.73 Å². The molecule has 2 amide bonds. The molecule has 0 saturated heterocycles. The Kier molecular flexibility index (Phi) is 5.68. The van der Waals surface area contributed by atoms with E-state index in [1.165, 1.54) is 11.3 Å². The fourth-order valence-electron chi connectivity index (χ4n) is 1.92.